The van der Waals surface area contributed by atoms with E-state index in [1.54, 1.807) is 0 Å². The normalized spacial score (nSPS) is 18.9. The summed E-state index contributed by atoms with van der Waals surface area (Å²) in [4.78, 5) is 6.27. The minimum atomic E-state index is -0.118. The molecule has 2 aromatic carbocycles. The number of nitrogens with one attached hydrogen (secondary N) is 1. The van der Waals surface area contributed by atoms with E-state index in [2.05, 4.69) is 58.4 Å². The fraction of sp³-hybridized carbons (Fsp3) is 0.440. The first-order valence-corrected chi connectivity index (χ1v) is 10.9. The molecule has 2 aliphatic rings. The van der Waals surface area contributed by atoms with Crippen molar-refractivity contribution in [3.05, 3.63) is 71.4 Å². The Morgan fingerprint density at radius 1 is 1.00 bits per heavy atom. The van der Waals surface area contributed by atoms with Crippen LogP contribution in [0, 0.1) is 0 Å². The summed E-state index contributed by atoms with van der Waals surface area (Å²) in [7, 11) is 0. The van der Waals surface area contributed by atoms with Gasteiger partial charge < -0.3 is 19.4 Å². The molecule has 1 spiro atoms. The average molecular weight is 391 g/mol. The summed E-state index contributed by atoms with van der Waals surface area (Å²) >= 11 is 0. The van der Waals surface area contributed by atoms with Crippen molar-refractivity contribution in [2.75, 3.05) is 32.8 Å². The lowest BCUT2D eigenvalue weighted by Gasteiger charge is -2.43. The number of ether oxygens (including phenoxy) is 2. The Morgan fingerprint density at radius 3 is 2.66 bits per heavy atom. The van der Waals surface area contributed by atoms with Crippen molar-refractivity contribution >= 4 is 10.9 Å². The maximum Gasteiger partial charge on any atom is 0.110 e. The standard InChI is InChI=1S/C25H30N2O2/c1-2-7-20(8-3-1)19-28-17-6-14-27-15-12-25(13-16-27)24-22(11-18-29-25)21-9-4-5-10-23(21)26-24/h1-5,7-10,26H,6,11-19H2. The van der Waals surface area contributed by atoms with Gasteiger partial charge in [0.2, 0.25) is 0 Å². The van der Waals surface area contributed by atoms with Gasteiger partial charge in [-0.1, -0.05) is 48.5 Å². The van der Waals surface area contributed by atoms with Crippen molar-refractivity contribution < 1.29 is 9.47 Å². The Morgan fingerprint density at radius 2 is 1.79 bits per heavy atom. The van der Waals surface area contributed by atoms with Gasteiger partial charge in [-0.15, -0.1) is 0 Å². The molecule has 152 valence electrons. The van der Waals surface area contributed by atoms with Gasteiger partial charge in [-0.3, -0.25) is 0 Å². The summed E-state index contributed by atoms with van der Waals surface area (Å²) < 4.78 is 12.3. The number of aromatic nitrogens is 1. The molecule has 0 aliphatic carbocycles. The number of piperidine rings is 1. The fourth-order valence-electron chi connectivity index (χ4n) is 4.96. The zero-order chi connectivity index (χ0) is 19.5. The molecule has 1 fully saturated rings. The second-order valence-corrected chi connectivity index (χ2v) is 8.35. The highest BCUT2D eigenvalue weighted by Crippen LogP contribution is 2.43. The van der Waals surface area contributed by atoms with Crippen molar-refractivity contribution in [3.63, 3.8) is 0 Å². The molecule has 3 heterocycles. The fourth-order valence-corrected chi connectivity index (χ4v) is 4.96. The Labute approximate surface area is 172 Å². The number of para-hydroxylation sites is 1. The van der Waals surface area contributed by atoms with E-state index in [0.717, 1.165) is 58.5 Å². The predicted molar refractivity (Wildman–Crippen MR) is 116 cm³/mol. The Hall–Kier alpha value is -2.14. The summed E-state index contributed by atoms with van der Waals surface area (Å²) in [5, 5.41) is 1.38. The van der Waals surface area contributed by atoms with Gasteiger partial charge in [-0.2, -0.15) is 0 Å². The van der Waals surface area contributed by atoms with Crippen molar-refractivity contribution in [2.24, 2.45) is 0 Å². The summed E-state index contributed by atoms with van der Waals surface area (Å²) in [6.07, 6.45) is 4.23. The molecule has 0 unspecified atom stereocenters. The van der Waals surface area contributed by atoms with E-state index in [4.69, 9.17) is 9.47 Å². The molecular weight excluding hydrogens is 360 g/mol. The molecule has 5 rings (SSSR count). The Bertz CT molecular complexity index is 942. The average Bonchev–Trinajstić information content (AvgIpc) is 3.16. The van der Waals surface area contributed by atoms with Crippen LogP contribution in [0.1, 0.15) is 36.1 Å². The molecule has 3 aromatic rings. The first kappa shape index (κ1) is 18.9. The molecule has 4 heteroatoms. The van der Waals surface area contributed by atoms with Crippen LogP contribution in [0.2, 0.25) is 0 Å². The smallest absolute Gasteiger partial charge is 0.110 e. The van der Waals surface area contributed by atoms with Crippen LogP contribution in [-0.4, -0.2) is 42.7 Å². The number of fused-ring (bicyclic) bond motifs is 4. The molecule has 0 radical (unpaired) electrons. The lowest BCUT2D eigenvalue weighted by Crippen LogP contribution is -2.47. The van der Waals surface area contributed by atoms with E-state index in [9.17, 15) is 0 Å². The van der Waals surface area contributed by atoms with E-state index in [1.807, 2.05) is 6.07 Å². The lowest BCUT2D eigenvalue weighted by atomic mass is 9.83. The maximum atomic E-state index is 6.42. The highest BCUT2D eigenvalue weighted by atomic mass is 16.5. The SMILES string of the molecule is c1ccc(COCCCN2CCC3(CC2)OCCc2c3[nH]c3ccccc23)cc1. The quantitative estimate of drug-likeness (QED) is 0.623. The third-order valence-electron chi connectivity index (χ3n) is 6.54. The van der Waals surface area contributed by atoms with Gasteiger partial charge in [0.1, 0.15) is 5.60 Å². The summed E-state index contributed by atoms with van der Waals surface area (Å²) in [6, 6.07) is 19.1. The molecule has 1 N–H and O–H groups in total. The van der Waals surface area contributed by atoms with Crippen LogP contribution in [0.15, 0.2) is 54.6 Å². The van der Waals surface area contributed by atoms with Crippen LogP contribution in [0.5, 0.6) is 0 Å². The topological polar surface area (TPSA) is 37.5 Å². The van der Waals surface area contributed by atoms with Gasteiger partial charge in [0.25, 0.3) is 0 Å². The molecule has 1 saturated heterocycles. The van der Waals surface area contributed by atoms with Gasteiger partial charge >= 0.3 is 0 Å². The van der Waals surface area contributed by atoms with Crippen LogP contribution in [0.3, 0.4) is 0 Å². The van der Waals surface area contributed by atoms with Crippen LogP contribution < -0.4 is 0 Å². The van der Waals surface area contributed by atoms with Gasteiger partial charge in [-0.05, 0) is 42.9 Å². The molecular formula is C25H30N2O2. The highest BCUT2D eigenvalue weighted by Gasteiger charge is 2.42. The predicted octanol–water partition coefficient (Wildman–Crippen LogP) is 4.64. The van der Waals surface area contributed by atoms with E-state index in [-0.39, 0.29) is 5.60 Å². The van der Waals surface area contributed by atoms with Gasteiger partial charge in [-0.25, -0.2) is 0 Å². The number of H-pyrrole nitrogens is 1. The molecule has 0 bridgehead atoms. The molecule has 0 amide bonds. The van der Waals surface area contributed by atoms with Crippen LogP contribution >= 0.6 is 0 Å². The van der Waals surface area contributed by atoms with Crippen molar-refractivity contribution in [3.8, 4) is 0 Å². The van der Waals surface area contributed by atoms with E-state index >= 15 is 0 Å². The number of rotatable bonds is 6. The highest BCUT2D eigenvalue weighted by molar-refractivity contribution is 5.85. The summed E-state index contributed by atoms with van der Waals surface area (Å²) in [5.74, 6) is 0. The molecule has 2 aliphatic heterocycles. The maximum absolute atomic E-state index is 6.42. The minimum absolute atomic E-state index is 0.118. The van der Waals surface area contributed by atoms with Crippen molar-refractivity contribution in [2.45, 2.75) is 37.9 Å². The minimum Gasteiger partial charge on any atom is -0.377 e. The van der Waals surface area contributed by atoms with Crippen LogP contribution in [0.25, 0.3) is 10.9 Å². The van der Waals surface area contributed by atoms with E-state index in [1.165, 1.54) is 27.7 Å². The van der Waals surface area contributed by atoms with E-state index in [0.29, 0.717) is 6.61 Å². The first-order chi connectivity index (χ1) is 14.3. The summed E-state index contributed by atoms with van der Waals surface area (Å²) in [5.41, 5.74) is 5.20. The van der Waals surface area contributed by atoms with E-state index < -0.39 is 0 Å². The second-order valence-electron chi connectivity index (χ2n) is 8.35. The van der Waals surface area contributed by atoms with Crippen molar-refractivity contribution in [1.82, 2.24) is 9.88 Å². The van der Waals surface area contributed by atoms with Crippen molar-refractivity contribution in [1.29, 1.82) is 0 Å². The Balaban J connectivity index is 1.14. The number of likely N-dealkylation sites (tertiary alicyclic amines) is 1. The third-order valence-corrected chi connectivity index (χ3v) is 6.54. The first-order valence-electron chi connectivity index (χ1n) is 10.9. The number of hydrogen-bond acceptors (Lipinski definition) is 3. The lowest BCUT2D eigenvalue weighted by molar-refractivity contribution is -0.101. The largest absolute Gasteiger partial charge is 0.377 e. The van der Waals surface area contributed by atoms with Crippen LogP contribution in [0.4, 0.5) is 0 Å². The molecule has 0 saturated carbocycles. The molecule has 0 atom stereocenters. The second kappa shape index (κ2) is 8.31. The number of aromatic amines is 1. The molecule has 4 nitrogen and oxygen atoms in total. The van der Waals surface area contributed by atoms with Gasteiger partial charge in [0.05, 0.1) is 18.9 Å². The zero-order valence-corrected chi connectivity index (χ0v) is 17.0. The van der Waals surface area contributed by atoms with Gasteiger partial charge in [0.15, 0.2) is 0 Å². The van der Waals surface area contributed by atoms with Crippen LogP contribution in [-0.2, 0) is 28.1 Å². The number of benzene rings is 2. The molecule has 1 aromatic heterocycles. The van der Waals surface area contributed by atoms with Gasteiger partial charge in [0, 0.05) is 37.1 Å². The number of hydrogen-bond donors (Lipinski definition) is 1. The Kier molecular flexibility index (Phi) is 5.40. The summed E-state index contributed by atoms with van der Waals surface area (Å²) in [6.45, 7) is 5.65. The monoisotopic (exact) mass is 390 g/mol. The third kappa shape index (κ3) is 3.85. The number of nitrogens with zero attached hydrogens (tertiary/aromatic N) is 1. The molecule has 29 heavy (non-hydrogen) atoms. The zero-order valence-electron chi connectivity index (χ0n) is 17.0.